The number of benzene rings is 2. The Balaban J connectivity index is 1.28. The van der Waals surface area contributed by atoms with Gasteiger partial charge in [0.05, 0.1) is 11.4 Å². The number of H-pyrrole nitrogens is 1. The van der Waals surface area contributed by atoms with Gasteiger partial charge in [-0.15, -0.1) is 0 Å². The van der Waals surface area contributed by atoms with Crippen LogP contribution in [0, 0.1) is 17.5 Å². The molecule has 0 radical (unpaired) electrons. The summed E-state index contributed by atoms with van der Waals surface area (Å²) in [5.41, 5.74) is 1.54. The smallest absolute Gasteiger partial charge is 0.260 e. The molecule has 1 saturated heterocycles. The second kappa shape index (κ2) is 9.11. The number of likely N-dealkylation sites (tertiary alicyclic amines) is 1. The maximum atomic E-state index is 13.6. The van der Waals surface area contributed by atoms with E-state index in [-0.39, 0.29) is 36.6 Å². The lowest BCUT2D eigenvalue weighted by atomic mass is 10.1. The number of carbonyl (C=O) groups excluding carboxylic acids is 1. The van der Waals surface area contributed by atoms with Gasteiger partial charge in [-0.1, -0.05) is 6.07 Å². The van der Waals surface area contributed by atoms with Gasteiger partial charge in [-0.2, -0.15) is 5.10 Å². The molecule has 1 N–H and O–H groups in total. The van der Waals surface area contributed by atoms with Crippen LogP contribution in [-0.4, -0.2) is 40.7 Å². The van der Waals surface area contributed by atoms with Crippen molar-refractivity contribution < 1.29 is 27.4 Å². The van der Waals surface area contributed by atoms with Gasteiger partial charge in [0.15, 0.2) is 18.2 Å². The molecule has 0 bridgehead atoms. The monoisotopic (exact) mass is 431 g/mol. The Morgan fingerprint density at radius 1 is 1.10 bits per heavy atom. The summed E-state index contributed by atoms with van der Waals surface area (Å²) in [6.45, 7) is 0.870. The first-order chi connectivity index (χ1) is 15.0. The van der Waals surface area contributed by atoms with E-state index >= 15 is 0 Å². The molecule has 6 nitrogen and oxygen atoms in total. The van der Waals surface area contributed by atoms with Crippen molar-refractivity contribution in [1.82, 2.24) is 15.1 Å². The maximum absolute atomic E-state index is 13.6. The predicted octanol–water partition coefficient (Wildman–Crippen LogP) is 3.80. The molecule has 1 amide bonds. The number of halogens is 3. The van der Waals surface area contributed by atoms with Crippen molar-refractivity contribution in [3.05, 3.63) is 77.4 Å². The summed E-state index contributed by atoms with van der Waals surface area (Å²) in [7, 11) is 0. The number of nitrogens with zero attached hydrogens (tertiary/aromatic N) is 2. The van der Waals surface area contributed by atoms with Crippen LogP contribution in [0.3, 0.4) is 0 Å². The molecule has 0 saturated carbocycles. The van der Waals surface area contributed by atoms with Crippen molar-refractivity contribution >= 4 is 5.91 Å². The largest absolute Gasteiger partial charge is 0.487 e. The maximum Gasteiger partial charge on any atom is 0.260 e. The Bertz CT molecular complexity index is 1070. The number of rotatable bonds is 7. The first-order valence-corrected chi connectivity index (χ1v) is 9.76. The van der Waals surface area contributed by atoms with Gasteiger partial charge >= 0.3 is 0 Å². The number of ether oxygens (including phenoxy) is 2. The SMILES string of the molecule is O=C(COc1ccc(F)cc1F)N1CC[C@@H](c2cc(COc3cccc(F)c3)[nH]n2)C1. The van der Waals surface area contributed by atoms with Gasteiger partial charge in [-0.05, 0) is 36.8 Å². The average Bonchev–Trinajstić information content (AvgIpc) is 3.41. The first-order valence-electron chi connectivity index (χ1n) is 9.76. The average molecular weight is 431 g/mol. The predicted molar refractivity (Wildman–Crippen MR) is 105 cm³/mol. The molecule has 0 spiro atoms. The number of amides is 1. The molecule has 3 aromatic rings. The lowest BCUT2D eigenvalue weighted by Gasteiger charge is -2.16. The van der Waals surface area contributed by atoms with E-state index in [0.29, 0.717) is 24.9 Å². The summed E-state index contributed by atoms with van der Waals surface area (Å²) in [4.78, 5) is 14.0. The van der Waals surface area contributed by atoms with Crippen LogP contribution in [-0.2, 0) is 11.4 Å². The van der Waals surface area contributed by atoms with Crippen LogP contribution >= 0.6 is 0 Å². The van der Waals surface area contributed by atoms with E-state index in [2.05, 4.69) is 10.2 Å². The summed E-state index contributed by atoms with van der Waals surface area (Å²) >= 11 is 0. The highest BCUT2D eigenvalue weighted by molar-refractivity contribution is 5.78. The van der Waals surface area contributed by atoms with Crippen molar-refractivity contribution in [1.29, 1.82) is 0 Å². The standard InChI is InChI=1S/C22H20F3N3O3/c23-15-2-1-3-18(8-15)30-12-17-10-20(27-26-17)14-6-7-28(11-14)22(29)13-31-21-5-4-16(24)9-19(21)25/h1-5,8-10,14H,6-7,11-13H2,(H,26,27)/t14-/m1/s1. The van der Waals surface area contributed by atoms with Gasteiger partial charge in [0.25, 0.3) is 5.91 Å². The number of carbonyl (C=O) groups is 1. The minimum Gasteiger partial charge on any atom is -0.487 e. The normalized spacial score (nSPS) is 15.8. The molecule has 162 valence electrons. The Kier molecular flexibility index (Phi) is 6.11. The van der Waals surface area contributed by atoms with Crippen molar-refractivity contribution in [3.8, 4) is 11.5 Å². The highest BCUT2D eigenvalue weighted by Crippen LogP contribution is 2.27. The zero-order valence-electron chi connectivity index (χ0n) is 16.5. The van der Waals surface area contributed by atoms with Crippen molar-refractivity contribution in [3.63, 3.8) is 0 Å². The highest BCUT2D eigenvalue weighted by atomic mass is 19.1. The van der Waals surface area contributed by atoms with Gasteiger partial charge < -0.3 is 14.4 Å². The number of aromatic amines is 1. The van der Waals surface area contributed by atoms with E-state index in [9.17, 15) is 18.0 Å². The Morgan fingerprint density at radius 3 is 2.74 bits per heavy atom. The van der Waals surface area contributed by atoms with Crippen LogP contribution in [0.4, 0.5) is 13.2 Å². The minimum atomic E-state index is -0.850. The van der Waals surface area contributed by atoms with Crippen LogP contribution in [0.15, 0.2) is 48.5 Å². The van der Waals surface area contributed by atoms with Crippen LogP contribution in [0.5, 0.6) is 11.5 Å². The molecule has 0 aliphatic carbocycles. The molecule has 2 heterocycles. The fourth-order valence-electron chi connectivity index (χ4n) is 3.43. The Labute approximate surface area is 176 Å². The Hall–Kier alpha value is -3.49. The van der Waals surface area contributed by atoms with Crippen molar-refractivity contribution in [2.24, 2.45) is 0 Å². The van der Waals surface area contributed by atoms with E-state index in [1.807, 2.05) is 6.07 Å². The number of aromatic nitrogens is 2. The third kappa shape index (κ3) is 5.17. The van der Waals surface area contributed by atoms with Crippen LogP contribution in [0.25, 0.3) is 0 Å². The number of nitrogens with one attached hydrogen (secondary N) is 1. The molecule has 1 aliphatic rings. The van der Waals surface area contributed by atoms with E-state index in [0.717, 1.165) is 29.9 Å². The van der Waals surface area contributed by atoms with Crippen molar-refractivity contribution in [2.75, 3.05) is 19.7 Å². The van der Waals surface area contributed by atoms with Gasteiger partial charge in [0.2, 0.25) is 0 Å². The second-order valence-electron chi connectivity index (χ2n) is 7.25. The van der Waals surface area contributed by atoms with Crippen molar-refractivity contribution in [2.45, 2.75) is 18.9 Å². The van der Waals surface area contributed by atoms with Gasteiger partial charge in [-0.3, -0.25) is 9.89 Å². The Morgan fingerprint density at radius 2 is 1.94 bits per heavy atom. The summed E-state index contributed by atoms with van der Waals surface area (Å²) in [6, 6.07) is 10.7. The molecule has 31 heavy (non-hydrogen) atoms. The quantitative estimate of drug-likeness (QED) is 0.618. The number of hydrogen-bond acceptors (Lipinski definition) is 4. The van der Waals surface area contributed by atoms with Gasteiger partial charge in [0.1, 0.15) is 24.0 Å². The summed E-state index contributed by atoms with van der Waals surface area (Å²) in [5, 5.41) is 7.20. The fourth-order valence-corrected chi connectivity index (χ4v) is 3.43. The zero-order chi connectivity index (χ0) is 21.8. The highest BCUT2D eigenvalue weighted by Gasteiger charge is 2.29. The third-order valence-corrected chi connectivity index (χ3v) is 5.05. The lowest BCUT2D eigenvalue weighted by molar-refractivity contribution is -0.132. The molecule has 2 aromatic carbocycles. The van der Waals surface area contributed by atoms with Gasteiger partial charge in [-0.25, -0.2) is 13.2 Å². The number of hydrogen-bond donors (Lipinski definition) is 1. The molecule has 1 aliphatic heterocycles. The zero-order valence-corrected chi connectivity index (χ0v) is 16.5. The van der Waals surface area contributed by atoms with E-state index in [1.54, 1.807) is 17.0 Å². The van der Waals surface area contributed by atoms with E-state index in [1.165, 1.54) is 12.1 Å². The second-order valence-corrected chi connectivity index (χ2v) is 7.25. The summed E-state index contributed by atoms with van der Waals surface area (Å²) < 4.78 is 50.5. The lowest BCUT2D eigenvalue weighted by Crippen LogP contribution is -2.33. The molecular weight excluding hydrogens is 411 g/mol. The molecular formula is C22H20F3N3O3. The molecule has 9 heteroatoms. The topological polar surface area (TPSA) is 67.4 Å². The molecule has 1 fully saturated rings. The minimum absolute atomic E-state index is 0.0469. The third-order valence-electron chi connectivity index (χ3n) is 5.05. The van der Waals surface area contributed by atoms with Crippen LogP contribution < -0.4 is 9.47 Å². The first kappa shape index (κ1) is 20.8. The molecule has 1 atom stereocenters. The van der Waals surface area contributed by atoms with Crippen LogP contribution in [0.2, 0.25) is 0 Å². The van der Waals surface area contributed by atoms with E-state index in [4.69, 9.17) is 9.47 Å². The summed E-state index contributed by atoms with van der Waals surface area (Å²) in [6.07, 6.45) is 0.728. The van der Waals surface area contributed by atoms with Crippen LogP contribution in [0.1, 0.15) is 23.7 Å². The molecule has 1 aromatic heterocycles. The van der Waals surface area contributed by atoms with E-state index < -0.39 is 11.6 Å². The van der Waals surface area contributed by atoms with Gasteiger partial charge in [0, 0.05) is 31.1 Å². The summed E-state index contributed by atoms with van der Waals surface area (Å²) in [5.74, 6) is -1.91. The molecule has 0 unspecified atom stereocenters. The fraction of sp³-hybridized carbons (Fsp3) is 0.273. The molecule has 4 rings (SSSR count).